The van der Waals surface area contributed by atoms with Crippen molar-refractivity contribution in [1.29, 1.82) is 0 Å². The summed E-state index contributed by atoms with van der Waals surface area (Å²) in [5.74, 6) is 1.02. The molecule has 2 rings (SSSR count). The van der Waals surface area contributed by atoms with Crippen LogP contribution in [0.1, 0.15) is 56.0 Å². The molecule has 2 aromatic rings. The highest BCUT2D eigenvalue weighted by Crippen LogP contribution is 2.22. The second-order valence-electron chi connectivity index (χ2n) is 5.99. The molecule has 1 N–H and O–H groups in total. The van der Waals surface area contributed by atoms with Crippen LogP contribution in [0.4, 0.5) is 0 Å². The molecule has 0 amide bonds. The van der Waals surface area contributed by atoms with Gasteiger partial charge in [0.1, 0.15) is 5.82 Å². The van der Waals surface area contributed by atoms with E-state index in [2.05, 4.69) is 37.5 Å². The van der Waals surface area contributed by atoms with E-state index in [4.69, 9.17) is 4.98 Å². The Morgan fingerprint density at radius 1 is 1.05 bits per heavy atom. The first-order chi connectivity index (χ1) is 10.2. The Labute approximate surface area is 128 Å². The van der Waals surface area contributed by atoms with Crippen LogP contribution in [-0.2, 0) is 13.0 Å². The maximum Gasteiger partial charge on any atom is 0.112 e. The lowest BCUT2D eigenvalue weighted by molar-refractivity contribution is 0.294. The Kier molecular flexibility index (Phi) is 5.80. The molecular weight excluding hydrogens is 260 g/mol. The van der Waals surface area contributed by atoms with Gasteiger partial charge in [-0.3, -0.25) is 0 Å². The molecule has 0 bridgehead atoms. The van der Waals surface area contributed by atoms with Crippen molar-refractivity contribution < 1.29 is 5.11 Å². The molecule has 3 nitrogen and oxygen atoms in total. The number of nitrogens with zero attached hydrogens (tertiary/aromatic N) is 2. The smallest absolute Gasteiger partial charge is 0.112 e. The van der Waals surface area contributed by atoms with E-state index in [1.165, 1.54) is 48.7 Å². The fraction of sp³-hybridized carbons (Fsp3) is 0.611. The third-order valence-corrected chi connectivity index (χ3v) is 4.26. The fourth-order valence-electron chi connectivity index (χ4n) is 2.84. The molecule has 3 heteroatoms. The largest absolute Gasteiger partial charge is 0.396 e. The average molecular weight is 288 g/mol. The van der Waals surface area contributed by atoms with Crippen LogP contribution in [0.2, 0.25) is 0 Å². The van der Waals surface area contributed by atoms with Gasteiger partial charge in [0.05, 0.1) is 17.6 Å². The molecule has 0 saturated heterocycles. The van der Waals surface area contributed by atoms with Crippen LogP contribution in [-0.4, -0.2) is 21.3 Å². The SMILES string of the molecule is CCCCCCCn1c(CCO)nc2cc(C)c(C)cc21. The summed E-state index contributed by atoms with van der Waals surface area (Å²) in [6.45, 7) is 7.70. The minimum absolute atomic E-state index is 0.164. The first-order valence-corrected chi connectivity index (χ1v) is 8.24. The maximum absolute atomic E-state index is 9.27. The lowest BCUT2D eigenvalue weighted by atomic mass is 10.1. The quantitative estimate of drug-likeness (QED) is 0.741. The zero-order valence-electron chi connectivity index (χ0n) is 13.7. The zero-order chi connectivity index (χ0) is 15.2. The third kappa shape index (κ3) is 3.85. The molecule has 1 aromatic carbocycles. The Hall–Kier alpha value is -1.35. The van der Waals surface area contributed by atoms with E-state index in [1.807, 2.05) is 0 Å². The van der Waals surface area contributed by atoms with E-state index >= 15 is 0 Å². The van der Waals surface area contributed by atoms with Gasteiger partial charge >= 0.3 is 0 Å². The highest BCUT2D eigenvalue weighted by Gasteiger charge is 2.11. The third-order valence-electron chi connectivity index (χ3n) is 4.26. The highest BCUT2D eigenvalue weighted by molar-refractivity contribution is 5.78. The number of hydrogen-bond acceptors (Lipinski definition) is 2. The molecule has 0 aliphatic carbocycles. The standard InChI is InChI=1S/C18H28N2O/c1-4-5-6-7-8-10-20-17-13-15(3)14(2)12-16(17)19-18(20)9-11-21/h12-13,21H,4-11H2,1-3H3. The molecule has 0 unspecified atom stereocenters. The van der Waals surface area contributed by atoms with Crippen LogP contribution in [0.15, 0.2) is 12.1 Å². The topological polar surface area (TPSA) is 38.0 Å². The predicted octanol–water partition coefficient (Wildman–Crippen LogP) is 4.16. The number of aliphatic hydroxyl groups excluding tert-OH is 1. The molecule has 0 atom stereocenters. The Morgan fingerprint density at radius 3 is 2.48 bits per heavy atom. The summed E-state index contributed by atoms with van der Waals surface area (Å²) in [6, 6.07) is 4.41. The van der Waals surface area contributed by atoms with Crippen molar-refractivity contribution in [3.63, 3.8) is 0 Å². The fourth-order valence-corrected chi connectivity index (χ4v) is 2.84. The monoisotopic (exact) mass is 288 g/mol. The molecule has 116 valence electrons. The highest BCUT2D eigenvalue weighted by atomic mass is 16.3. The lowest BCUT2D eigenvalue weighted by Gasteiger charge is -2.09. The van der Waals surface area contributed by atoms with Crippen molar-refractivity contribution in [3.05, 3.63) is 29.1 Å². The van der Waals surface area contributed by atoms with Crippen LogP contribution in [0, 0.1) is 13.8 Å². The molecule has 0 aliphatic rings. The molecule has 21 heavy (non-hydrogen) atoms. The van der Waals surface area contributed by atoms with Gasteiger partial charge in [-0.2, -0.15) is 0 Å². The van der Waals surface area contributed by atoms with Crippen LogP contribution in [0.5, 0.6) is 0 Å². The van der Waals surface area contributed by atoms with E-state index in [0.717, 1.165) is 17.9 Å². The van der Waals surface area contributed by atoms with Crippen molar-refractivity contribution in [3.8, 4) is 0 Å². The van der Waals surface area contributed by atoms with Crippen LogP contribution in [0.3, 0.4) is 0 Å². The normalized spacial score (nSPS) is 11.4. The Morgan fingerprint density at radius 2 is 1.76 bits per heavy atom. The number of unbranched alkanes of at least 4 members (excludes halogenated alkanes) is 4. The van der Waals surface area contributed by atoms with Gasteiger partial charge in [0, 0.05) is 13.0 Å². The van der Waals surface area contributed by atoms with E-state index in [1.54, 1.807) is 0 Å². The number of benzene rings is 1. The number of fused-ring (bicyclic) bond motifs is 1. The minimum Gasteiger partial charge on any atom is -0.396 e. The zero-order valence-corrected chi connectivity index (χ0v) is 13.7. The van der Waals surface area contributed by atoms with E-state index in [-0.39, 0.29) is 6.61 Å². The minimum atomic E-state index is 0.164. The molecule has 1 aromatic heterocycles. The van der Waals surface area contributed by atoms with Crippen molar-refractivity contribution in [1.82, 2.24) is 9.55 Å². The Balaban J connectivity index is 2.21. The van der Waals surface area contributed by atoms with Gasteiger partial charge in [-0.15, -0.1) is 0 Å². The van der Waals surface area contributed by atoms with Gasteiger partial charge in [-0.05, 0) is 43.5 Å². The molecule has 0 aliphatic heterocycles. The lowest BCUT2D eigenvalue weighted by Crippen LogP contribution is -2.06. The maximum atomic E-state index is 9.27. The molecule has 0 fully saturated rings. The van der Waals surface area contributed by atoms with Gasteiger partial charge in [0.2, 0.25) is 0 Å². The van der Waals surface area contributed by atoms with E-state index in [9.17, 15) is 5.11 Å². The first-order valence-electron chi connectivity index (χ1n) is 8.24. The van der Waals surface area contributed by atoms with Crippen molar-refractivity contribution in [2.45, 2.75) is 65.8 Å². The molecule has 1 heterocycles. The van der Waals surface area contributed by atoms with E-state index < -0.39 is 0 Å². The average Bonchev–Trinajstić information content (AvgIpc) is 2.77. The number of hydrogen-bond donors (Lipinski definition) is 1. The van der Waals surface area contributed by atoms with Crippen LogP contribution >= 0.6 is 0 Å². The summed E-state index contributed by atoms with van der Waals surface area (Å²) in [5, 5.41) is 9.27. The van der Waals surface area contributed by atoms with Gasteiger partial charge < -0.3 is 9.67 Å². The summed E-state index contributed by atoms with van der Waals surface area (Å²) >= 11 is 0. The second-order valence-corrected chi connectivity index (χ2v) is 5.99. The van der Waals surface area contributed by atoms with Crippen LogP contribution < -0.4 is 0 Å². The van der Waals surface area contributed by atoms with Crippen molar-refractivity contribution >= 4 is 11.0 Å². The summed E-state index contributed by atoms with van der Waals surface area (Å²) in [4.78, 5) is 4.72. The second kappa shape index (κ2) is 7.60. The number of imidazole rings is 1. The molecule has 0 saturated carbocycles. The van der Waals surface area contributed by atoms with Gasteiger partial charge in [0.25, 0.3) is 0 Å². The molecular formula is C18H28N2O. The van der Waals surface area contributed by atoms with Crippen molar-refractivity contribution in [2.24, 2.45) is 0 Å². The number of rotatable bonds is 8. The van der Waals surface area contributed by atoms with Gasteiger partial charge in [-0.1, -0.05) is 32.6 Å². The van der Waals surface area contributed by atoms with Gasteiger partial charge in [-0.25, -0.2) is 4.98 Å². The van der Waals surface area contributed by atoms with E-state index in [0.29, 0.717) is 6.42 Å². The predicted molar refractivity (Wildman–Crippen MR) is 88.8 cm³/mol. The number of aliphatic hydroxyl groups is 1. The number of aryl methyl sites for hydroxylation is 3. The summed E-state index contributed by atoms with van der Waals surface area (Å²) < 4.78 is 2.31. The molecule has 0 spiro atoms. The Bertz CT molecular complexity index is 586. The summed E-state index contributed by atoms with van der Waals surface area (Å²) in [5.41, 5.74) is 4.88. The van der Waals surface area contributed by atoms with Crippen molar-refractivity contribution in [2.75, 3.05) is 6.61 Å². The summed E-state index contributed by atoms with van der Waals surface area (Å²) in [7, 11) is 0. The molecule has 0 radical (unpaired) electrons. The van der Waals surface area contributed by atoms with Crippen LogP contribution in [0.25, 0.3) is 11.0 Å². The first kappa shape index (κ1) is 16.0. The van der Waals surface area contributed by atoms with Gasteiger partial charge in [0.15, 0.2) is 0 Å². The number of aromatic nitrogens is 2. The summed E-state index contributed by atoms with van der Waals surface area (Å²) in [6.07, 6.45) is 7.03.